The van der Waals surface area contributed by atoms with Gasteiger partial charge in [-0.1, -0.05) is 30.3 Å². The summed E-state index contributed by atoms with van der Waals surface area (Å²) >= 11 is 2.10. The maximum absolute atomic E-state index is 3.43. The van der Waals surface area contributed by atoms with Crippen molar-refractivity contribution >= 4 is 17.8 Å². The van der Waals surface area contributed by atoms with Crippen molar-refractivity contribution in [2.24, 2.45) is 5.92 Å². The van der Waals surface area contributed by atoms with Crippen molar-refractivity contribution in [2.45, 2.75) is 26.2 Å². The molecule has 0 amide bonds. The molecule has 0 spiro atoms. The number of benzene rings is 1. The number of allylic oxidation sites excluding steroid dienone is 1. The minimum Gasteiger partial charge on any atom is -0.162 e. The van der Waals surface area contributed by atoms with Gasteiger partial charge in [0.2, 0.25) is 0 Å². The Morgan fingerprint density at radius 3 is 2.71 bits per heavy atom. The highest BCUT2D eigenvalue weighted by molar-refractivity contribution is 7.99. The van der Waals surface area contributed by atoms with E-state index in [0.29, 0.717) is 0 Å². The second kappa shape index (κ2) is 6.74. The summed E-state index contributed by atoms with van der Waals surface area (Å²) in [5.41, 5.74) is 6.07. The van der Waals surface area contributed by atoms with E-state index in [1.165, 1.54) is 41.9 Å². The molecule has 1 fully saturated rings. The fourth-order valence-corrected chi connectivity index (χ4v) is 3.40. The molecule has 0 aromatic heterocycles. The lowest BCUT2D eigenvalue weighted by atomic mass is 9.95. The van der Waals surface area contributed by atoms with Crippen LogP contribution in [0.3, 0.4) is 0 Å². The van der Waals surface area contributed by atoms with Gasteiger partial charge in [0.25, 0.3) is 0 Å². The molecule has 2 rings (SSSR count). The molecule has 90 valence electrons. The van der Waals surface area contributed by atoms with Gasteiger partial charge in [0.1, 0.15) is 0 Å². The van der Waals surface area contributed by atoms with Gasteiger partial charge >= 0.3 is 0 Å². The largest absolute Gasteiger partial charge is 0.162 e. The number of rotatable bonds is 3. The summed E-state index contributed by atoms with van der Waals surface area (Å²) in [6.45, 7) is 2.21. The maximum Gasteiger partial charge on any atom is -0.00648 e. The van der Waals surface area contributed by atoms with Crippen molar-refractivity contribution in [1.82, 2.24) is 0 Å². The Labute approximate surface area is 109 Å². The third-order valence-electron chi connectivity index (χ3n) is 3.22. The number of thioether (sulfide) groups is 1. The zero-order valence-electron chi connectivity index (χ0n) is 10.5. The Kier molecular flexibility index (Phi) is 4.97. The van der Waals surface area contributed by atoms with Crippen molar-refractivity contribution in [3.63, 3.8) is 0 Å². The minimum atomic E-state index is 0.896. The Morgan fingerprint density at radius 1 is 1.29 bits per heavy atom. The fourth-order valence-electron chi connectivity index (χ4n) is 2.20. The molecule has 0 unspecified atom stereocenters. The monoisotopic (exact) mass is 244 g/mol. The van der Waals surface area contributed by atoms with Gasteiger partial charge in [0.15, 0.2) is 0 Å². The Bertz CT molecular complexity index is 393. The third-order valence-corrected chi connectivity index (χ3v) is 4.27. The van der Waals surface area contributed by atoms with E-state index < -0.39 is 0 Å². The molecule has 1 aliphatic heterocycles. The van der Waals surface area contributed by atoms with E-state index in [0.717, 1.165) is 5.92 Å². The zero-order valence-corrected chi connectivity index (χ0v) is 11.3. The van der Waals surface area contributed by atoms with Crippen molar-refractivity contribution in [1.29, 1.82) is 0 Å². The normalized spacial score (nSPS) is 16.3. The van der Waals surface area contributed by atoms with Crippen LogP contribution in [0, 0.1) is 5.92 Å². The van der Waals surface area contributed by atoms with E-state index in [2.05, 4.69) is 54.8 Å². The van der Waals surface area contributed by atoms with Crippen molar-refractivity contribution in [2.75, 3.05) is 11.5 Å². The Morgan fingerprint density at radius 2 is 2.00 bits per heavy atom. The second-order valence-electron chi connectivity index (χ2n) is 4.74. The SMILES string of the molecule is CC(=C=Cc1ccccc1)CC1CCSCC1. The fraction of sp³-hybridized carbons (Fsp3) is 0.438. The average molecular weight is 244 g/mol. The summed E-state index contributed by atoms with van der Waals surface area (Å²) in [6, 6.07) is 10.4. The number of hydrogen-bond donors (Lipinski definition) is 0. The molecule has 1 heterocycles. The molecule has 17 heavy (non-hydrogen) atoms. The summed E-state index contributed by atoms with van der Waals surface area (Å²) in [5, 5.41) is 0. The molecule has 1 saturated heterocycles. The van der Waals surface area contributed by atoms with Crippen molar-refractivity contribution < 1.29 is 0 Å². The van der Waals surface area contributed by atoms with Crippen molar-refractivity contribution in [3.05, 3.63) is 47.2 Å². The summed E-state index contributed by atoms with van der Waals surface area (Å²) in [6.07, 6.45) is 6.10. The molecule has 1 aromatic carbocycles. The lowest BCUT2D eigenvalue weighted by Crippen LogP contribution is -2.09. The van der Waals surface area contributed by atoms with Gasteiger partial charge in [0.05, 0.1) is 0 Å². The van der Waals surface area contributed by atoms with Crippen LogP contribution in [0.4, 0.5) is 0 Å². The highest BCUT2D eigenvalue weighted by Gasteiger charge is 2.13. The lowest BCUT2D eigenvalue weighted by Gasteiger charge is -2.20. The van der Waals surface area contributed by atoms with E-state index in [1.807, 2.05) is 6.07 Å². The van der Waals surface area contributed by atoms with E-state index >= 15 is 0 Å². The zero-order chi connectivity index (χ0) is 11.9. The van der Waals surface area contributed by atoms with Gasteiger partial charge in [-0.25, -0.2) is 0 Å². The lowest BCUT2D eigenvalue weighted by molar-refractivity contribution is 0.486. The maximum atomic E-state index is 3.43. The molecule has 0 atom stereocenters. The van der Waals surface area contributed by atoms with Crippen molar-refractivity contribution in [3.8, 4) is 0 Å². The minimum absolute atomic E-state index is 0.896. The first kappa shape index (κ1) is 12.5. The topological polar surface area (TPSA) is 0 Å². The summed E-state index contributed by atoms with van der Waals surface area (Å²) < 4.78 is 0. The molecule has 0 N–H and O–H groups in total. The van der Waals surface area contributed by atoms with Crippen LogP contribution in [0.15, 0.2) is 41.6 Å². The van der Waals surface area contributed by atoms with Crippen LogP contribution in [-0.4, -0.2) is 11.5 Å². The average Bonchev–Trinajstić information content (AvgIpc) is 2.39. The van der Waals surface area contributed by atoms with Gasteiger partial charge in [-0.2, -0.15) is 11.8 Å². The van der Waals surface area contributed by atoms with Crippen LogP contribution < -0.4 is 0 Å². The molecule has 0 bridgehead atoms. The van der Waals surface area contributed by atoms with Gasteiger partial charge < -0.3 is 0 Å². The van der Waals surface area contributed by atoms with Crippen LogP contribution in [0.5, 0.6) is 0 Å². The summed E-state index contributed by atoms with van der Waals surface area (Å²) in [5.74, 6) is 3.59. The van der Waals surface area contributed by atoms with Crippen LogP contribution in [0.2, 0.25) is 0 Å². The van der Waals surface area contributed by atoms with Crippen LogP contribution in [-0.2, 0) is 0 Å². The molecule has 1 aromatic rings. The predicted molar refractivity (Wildman–Crippen MR) is 78.3 cm³/mol. The molecule has 0 saturated carbocycles. The van der Waals surface area contributed by atoms with E-state index in [9.17, 15) is 0 Å². The van der Waals surface area contributed by atoms with E-state index in [4.69, 9.17) is 0 Å². The number of hydrogen-bond acceptors (Lipinski definition) is 1. The second-order valence-corrected chi connectivity index (χ2v) is 5.96. The molecule has 1 aliphatic rings. The first-order chi connectivity index (χ1) is 8.34. The smallest absolute Gasteiger partial charge is 0.00648 e. The van der Waals surface area contributed by atoms with Gasteiger partial charge in [-0.3, -0.25) is 0 Å². The Hall–Kier alpha value is -0.910. The molecular formula is C16H20S. The first-order valence-electron chi connectivity index (χ1n) is 6.39. The van der Waals surface area contributed by atoms with Crippen LogP contribution in [0.1, 0.15) is 31.7 Å². The van der Waals surface area contributed by atoms with E-state index in [-0.39, 0.29) is 0 Å². The van der Waals surface area contributed by atoms with Gasteiger partial charge in [-0.05, 0) is 60.8 Å². The molecule has 1 heteroatoms. The standard InChI is InChI=1S/C16H20S/c1-14(13-16-9-11-17-12-10-16)7-8-15-5-3-2-4-6-15/h2-6,8,16H,9-13H2,1H3. The first-order valence-corrected chi connectivity index (χ1v) is 7.55. The van der Waals surface area contributed by atoms with Crippen LogP contribution in [0.25, 0.3) is 6.08 Å². The highest BCUT2D eigenvalue weighted by atomic mass is 32.2. The summed E-state index contributed by atoms with van der Waals surface area (Å²) in [4.78, 5) is 0. The molecule has 0 nitrogen and oxygen atoms in total. The third kappa shape index (κ3) is 4.46. The van der Waals surface area contributed by atoms with Gasteiger partial charge in [0, 0.05) is 0 Å². The van der Waals surface area contributed by atoms with Gasteiger partial charge in [-0.15, -0.1) is 5.73 Å². The summed E-state index contributed by atoms with van der Waals surface area (Å²) in [7, 11) is 0. The Balaban J connectivity index is 1.94. The molecule has 0 aliphatic carbocycles. The predicted octanol–water partition coefficient (Wildman–Crippen LogP) is 4.78. The van der Waals surface area contributed by atoms with Crippen LogP contribution >= 0.6 is 11.8 Å². The molecular weight excluding hydrogens is 224 g/mol. The van der Waals surface area contributed by atoms with E-state index in [1.54, 1.807) is 0 Å². The quantitative estimate of drug-likeness (QED) is 0.690. The molecule has 0 radical (unpaired) electrons. The highest BCUT2D eigenvalue weighted by Crippen LogP contribution is 2.27.